The molecule has 0 bridgehead atoms. The predicted octanol–water partition coefficient (Wildman–Crippen LogP) is 2.19. The molecule has 2 nitrogen and oxygen atoms in total. The SMILES string of the molecule is C=Cc1onc(CC)c1C. The number of rotatable bonds is 2. The normalized spacial score (nSPS) is 9.80. The minimum atomic E-state index is 0.789. The molecule has 1 rings (SSSR count). The average molecular weight is 137 g/mol. The van der Waals surface area contributed by atoms with Gasteiger partial charge in [-0.15, -0.1) is 0 Å². The second kappa shape index (κ2) is 2.69. The lowest BCUT2D eigenvalue weighted by Gasteiger charge is -1.86. The van der Waals surface area contributed by atoms with Crippen LogP contribution < -0.4 is 0 Å². The Labute approximate surface area is 60.5 Å². The van der Waals surface area contributed by atoms with Crippen LogP contribution in [0.25, 0.3) is 6.08 Å². The van der Waals surface area contributed by atoms with E-state index in [1.54, 1.807) is 6.08 Å². The summed E-state index contributed by atoms with van der Waals surface area (Å²) in [5.74, 6) is 0.789. The molecule has 0 N–H and O–H groups in total. The van der Waals surface area contributed by atoms with Crippen LogP contribution in [0.3, 0.4) is 0 Å². The molecule has 0 unspecified atom stereocenters. The first-order valence-corrected chi connectivity index (χ1v) is 3.37. The van der Waals surface area contributed by atoms with Crippen molar-refractivity contribution in [2.45, 2.75) is 20.3 Å². The molecular weight excluding hydrogens is 126 g/mol. The Balaban J connectivity index is 3.08. The Morgan fingerprint density at radius 2 is 2.40 bits per heavy atom. The van der Waals surface area contributed by atoms with E-state index in [-0.39, 0.29) is 0 Å². The van der Waals surface area contributed by atoms with E-state index >= 15 is 0 Å². The molecule has 0 aliphatic carbocycles. The van der Waals surface area contributed by atoms with Crippen LogP contribution >= 0.6 is 0 Å². The van der Waals surface area contributed by atoms with E-state index in [9.17, 15) is 0 Å². The highest BCUT2D eigenvalue weighted by Crippen LogP contribution is 2.13. The Bertz CT molecular complexity index is 237. The summed E-state index contributed by atoms with van der Waals surface area (Å²) in [5.41, 5.74) is 2.13. The van der Waals surface area contributed by atoms with Crippen molar-refractivity contribution in [3.05, 3.63) is 23.6 Å². The summed E-state index contributed by atoms with van der Waals surface area (Å²) in [4.78, 5) is 0. The lowest BCUT2D eigenvalue weighted by molar-refractivity contribution is 0.405. The van der Waals surface area contributed by atoms with Gasteiger partial charge in [0.25, 0.3) is 0 Å². The second-order valence-corrected chi connectivity index (χ2v) is 2.18. The van der Waals surface area contributed by atoms with E-state index in [4.69, 9.17) is 4.52 Å². The Hall–Kier alpha value is -1.05. The summed E-state index contributed by atoms with van der Waals surface area (Å²) in [6.45, 7) is 7.65. The molecule has 1 aromatic heterocycles. The lowest BCUT2D eigenvalue weighted by Crippen LogP contribution is -1.81. The molecule has 0 radical (unpaired) electrons. The molecular formula is C8H11NO. The summed E-state index contributed by atoms with van der Waals surface area (Å²) < 4.78 is 4.97. The fraction of sp³-hybridized carbons (Fsp3) is 0.375. The third-order valence-corrected chi connectivity index (χ3v) is 1.58. The van der Waals surface area contributed by atoms with Crippen LogP contribution in [0, 0.1) is 6.92 Å². The van der Waals surface area contributed by atoms with Gasteiger partial charge in [0.1, 0.15) is 0 Å². The number of aromatic nitrogens is 1. The van der Waals surface area contributed by atoms with E-state index in [1.807, 2.05) is 6.92 Å². The third kappa shape index (κ3) is 0.967. The zero-order chi connectivity index (χ0) is 7.56. The molecule has 1 heterocycles. The maximum absolute atomic E-state index is 4.97. The van der Waals surface area contributed by atoms with Gasteiger partial charge >= 0.3 is 0 Å². The quantitative estimate of drug-likeness (QED) is 0.624. The van der Waals surface area contributed by atoms with Gasteiger partial charge in [-0.3, -0.25) is 0 Å². The molecule has 0 aliphatic rings. The highest BCUT2D eigenvalue weighted by molar-refractivity contribution is 5.45. The molecule has 10 heavy (non-hydrogen) atoms. The number of hydrogen-bond acceptors (Lipinski definition) is 2. The molecule has 0 aliphatic heterocycles. The van der Waals surface area contributed by atoms with Gasteiger partial charge in [0, 0.05) is 5.56 Å². The molecule has 0 atom stereocenters. The van der Waals surface area contributed by atoms with Crippen LogP contribution in [0.2, 0.25) is 0 Å². The minimum absolute atomic E-state index is 0.789. The summed E-state index contributed by atoms with van der Waals surface area (Å²) in [7, 11) is 0. The molecule has 1 aromatic rings. The highest BCUT2D eigenvalue weighted by atomic mass is 16.5. The summed E-state index contributed by atoms with van der Waals surface area (Å²) in [5, 5.41) is 3.86. The Morgan fingerprint density at radius 3 is 2.70 bits per heavy atom. The van der Waals surface area contributed by atoms with Crippen LogP contribution in [0.5, 0.6) is 0 Å². The number of aryl methyl sites for hydroxylation is 1. The third-order valence-electron chi connectivity index (χ3n) is 1.58. The maximum Gasteiger partial charge on any atom is 0.162 e. The van der Waals surface area contributed by atoms with Gasteiger partial charge < -0.3 is 4.52 Å². The van der Waals surface area contributed by atoms with Crippen LogP contribution in [0.4, 0.5) is 0 Å². The molecule has 54 valence electrons. The summed E-state index contributed by atoms with van der Waals surface area (Å²) >= 11 is 0. The van der Waals surface area contributed by atoms with Gasteiger partial charge in [0.05, 0.1) is 5.69 Å². The van der Waals surface area contributed by atoms with E-state index in [2.05, 4.69) is 18.7 Å². The van der Waals surface area contributed by atoms with Crippen molar-refractivity contribution >= 4 is 6.08 Å². The molecule has 0 amide bonds. The van der Waals surface area contributed by atoms with Crippen LogP contribution in [0.1, 0.15) is 23.9 Å². The second-order valence-electron chi connectivity index (χ2n) is 2.18. The molecule has 0 aromatic carbocycles. The molecule has 0 spiro atoms. The monoisotopic (exact) mass is 137 g/mol. The zero-order valence-electron chi connectivity index (χ0n) is 6.35. The van der Waals surface area contributed by atoms with Crippen molar-refractivity contribution in [1.82, 2.24) is 5.16 Å². The van der Waals surface area contributed by atoms with Crippen molar-refractivity contribution in [2.24, 2.45) is 0 Å². The van der Waals surface area contributed by atoms with Gasteiger partial charge in [0.2, 0.25) is 0 Å². The van der Waals surface area contributed by atoms with Crippen molar-refractivity contribution in [3.8, 4) is 0 Å². The molecule has 0 saturated carbocycles. The Kier molecular flexibility index (Phi) is 1.90. The van der Waals surface area contributed by atoms with Crippen LogP contribution in [-0.4, -0.2) is 5.16 Å². The first-order chi connectivity index (χ1) is 4.79. The van der Waals surface area contributed by atoms with Gasteiger partial charge in [-0.25, -0.2) is 0 Å². The van der Waals surface area contributed by atoms with Crippen molar-refractivity contribution in [2.75, 3.05) is 0 Å². The molecule has 2 heteroatoms. The fourth-order valence-electron chi connectivity index (χ4n) is 0.903. The first-order valence-electron chi connectivity index (χ1n) is 3.37. The minimum Gasteiger partial charge on any atom is -0.356 e. The zero-order valence-corrected chi connectivity index (χ0v) is 6.35. The molecule has 0 saturated heterocycles. The van der Waals surface area contributed by atoms with E-state index in [0.29, 0.717) is 0 Å². The summed E-state index contributed by atoms with van der Waals surface area (Å²) in [6, 6.07) is 0. The van der Waals surface area contributed by atoms with E-state index in [0.717, 1.165) is 23.4 Å². The first kappa shape index (κ1) is 7.06. The summed E-state index contributed by atoms with van der Waals surface area (Å²) in [6.07, 6.45) is 2.60. The number of hydrogen-bond donors (Lipinski definition) is 0. The maximum atomic E-state index is 4.97. The van der Waals surface area contributed by atoms with Crippen LogP contribution in [-0.2, 0) is 6.42 Å². The highest BCUT2D eigenvalue weighted by Gasteiger charge is 2.05. The van der Waals surface area contributed by atoms with E-state index in [1.165, 1.54) is 0 Å². The van der Waals surface area contributed by atoms with Crippen molar-refractivity contribution < 1.29 is 4.52 Å². The van der Waals surface area contributed by atoms with Gasteiger partial charge in [-0.2, -0.15) is 0 Å². The van der Waals surface area contributed by atoms with Gasteiger partial charge in [-0.05, 0) is 19.4 Å². The Morgan fingerprint density at radius 1 is 1.70 bits per heavy atom. The lowest BCUT2D eigenvalue weighted by atomic mass is 10.2. The van der Waals surface area contributed by atoms with Gasteiger partial charge in [0.15, 0.2) is 5.76 Å². The average Bonchev–Trinajstić information content (AvgIpc) is 2.30. The fourth-order valence-corrected chi connectivity index (χ4v) is 0.903. The standard InChI is InChI=1S/C8H11NO/c1-4-7-6(3)8(5-2)10-9-7/h5H,2,4H2,1,3H3. The van der Waals surface area contributed by atoms with Crippen molar-refractivity contribution in [1.29, 1.82) is 0 Å². The largest absolute Gasteiger partial charge is 0.356 e. The number of nitrogens with zero attached hydrogens (tertiary/aromatic N) is 1. The molecule has 0 fully saturated rings. The smallest absolute Gasteiger partial charge is 0.162 e. The van der Waals surface area contributed by atoms with E-state index < -0.39 is 0 Å². The van der Waals surface area contributed by atoms with Crippen molar-refractivity contribution in [3.63, 3.8) is 0 Å². The van der Waals surface area contributed by atoms with Crippen LogP contribution in [0.15, 0.2) is 11.1 Å². The topological polar surface area (TPSA) is 26.0 Å². The van der Waals surface area contributed by atoms with Gasteiger partial charge in [-0.1, -0.05) is 18.7 Å². The predicted molar refractivity (Wildman–Crippen MR) is 40.7 cm³/mol.